The Labute approximate surface area is 129 Å². The number of halogens is 3. The molecule has 0 aliphatic carbocycles. The van der Waals surface area contributed by atoms with Gasteiger partial charge in [0.25, 0.3) is 0 Å². The number of rotatable bonds is 3. The predicted molar refractivity (Wildman–Crippen MR) is 85.6 cm³/mol. The van der Waals surface area contributed by atoms with Gasteiger partial charge in [-0.2, -0.15) is 0 Å². The van der Waals surface area contributed by atoms with Gasteiger partial charge in [0.05, 0.1) is 5.38 Å². The summed E-state index contributed by atoms with van der Waals surface area (Å²) in [4.78, 5) is 0. The Kier molecular flexibility index (Phi) is 4.88. The molecule has 0 spiro atoms. The largest absolute Gasteiger partial charge is 0.117 e. The van der Waals surface area contributed by atoms with Crippen molar-refractivity contribution in [2.45, 2.75) is 11.8 Å². The van der Waals surface area contributed by atoms with Gasteiger partial charge in [-0.15, -0.1) is 11.6 Å². The van der Waals surface area contributed by atoms with Crippen molar-refractivity contribution in [2.75, 3.05) is 0 Å². The lowest BCUT2D eigenvalue weighted by Crippen LogP contribution is -1.95. The first kappa shape index (κ1) is 13.4. The molecule has 0 amide bonds. The second-order valence-corrected chi connectivity index (χ2v) is 6.54. The lowest BCUT2D eigenvalue weighted by Gasteiger charge is -2.10. The Morgan fingerprint density at radius 3 is 2.18 bits per heavy atom. The molecule has 0 heterocycles. The van der Waals surface area contributed by atoms with Crippen molar-refractivity contribution in [3.63, 3.8) is 0 Å². The van der Waals surface area contributed by atoms with Gasteiger partial charge in [-0.1, -0.05) is 40.2 Å². The SMILES string of the molecule is ClC(Cc1ccc(Br)cc1)c1ccc(I)cc1. The molecule has 0 aromatic heterocycles. The van der Waals surface area contributed by atoms with Crippen LogP contribution in [0.3, 0.4) is 0 Å². The molecule has 0 bridgehead atoms. The molecule has 0 saturated heterocycles. The minimum Gasteiger partial charge on any atom is -0.117 e. The van der Waals surface area contributed by atoms with Crippen LogP contribution in [0.4, 0.5) is 0 Å². The van der Waals surface area contributed by atoms with Crippen molar-refractivity contribution in [3.8, 4) is 0 Å². The molecule has 2 aromatic rings. The molecule has 0 radical (unpaired) electrons. The van der Waals surface area contributed by atoms with Gasteiger partial charge < -0.3 is 0 Å². The van der Waals surface area contributed by atoms with E-state index in [0.29, 0.717) is 0 Å². The molecule has 0 aliphatic rings. The van der Waals surface area contributed by atoms with Gasteiger partial charge in [0.1, 0.15) is 0 Å². The molecule has 3 heteroatoms. The summed E-state index contributed by atoms with van der Waals surface area (Å²) in [5.74, 6) is 0. The van der Waals surface area contributed by atoms with E-state index in [2.05, 4.69) is 74.9 Å². The van der Waals surface area contributed by atoms with E-state index in [1.54, 1.807) is 0 Å². The van der Waals surface area contributed by atoms with Gasteiger partial charge >= 0.3 is 0 Å². The second kappa shape index (κ2) is 6.21. The fraction of sp³-hybridized carbons (Fsp3) is 0.143. The van der Waals surface area contributed by atoms with Crippen LogP contribution in [-0.2, 0) is 6.42 Å². The Balaban J connectivity index is 2.08. The van der Waals surface area contributed by atoms with Crippen molar-refractivity contribution in [2.24, 2.45) is 0 Å². The number of hydrogen-bond acceptors (Lipinski definition) is 0. The molecule has 0 saturated carbocycles. The summed E-state index contributed by atoms with van der Waals surface area (Å²) in [6.45, 7) is 0. The molecule has 2 aromatic carbocycles. The van der Waals surface area contributed by atoms with Gasteiger partial charge in [0.15, 0.2) is 0 Å². The monoisotopic (exact) mass is 420 g/mol. The van der Waals surface area contributed by atoms with Crippen molar-refractivity contribution >= 4 is 50.1 Å². The molecule has 1 unspecified atom stereocenters. The van der Waals surface area contributed by atoms with Crippen molar-refractivity contribution in [1.82, 2.24) is 0 Å². The maximum atomic E-state index is 6.42. The van der Waals surface area contributed by atoms with Crippen LogP contribution in [0.25, 0.3) is 0 Å². The summed E-state index contributed by atoms with van der Waals surface area (Å²) in [5, 5.41) is 0.0353. The Morgan fingerprint density at radius 2 is 1.59 bits per heavy atom. The van der Waals surface area contributed by atoms with Crippen LogP contribution in [-0.4, -0.2) is 0 Å². The molecule has 0 aliphatic heterocycles. The van der Waals surface area contributed by atoms with E-state index in [1.165, 1.54) is 14.7 Å². The average Bonchev–Trinajstić information content (AvgIpc) is 2.33. The van der Waals surface area contributed by atoms with E-state index in [9.17, 15) is 0 Å². The molecule has 0 nitrogen and oxygen atoms in total. The zero-order valence-corrected chi connectivity index (χ0v) is 13.5. The molecular formula is C14H11BrClI. The number of alkyl halides is 1. The third kappa shape index (κ3) is 3.97. The lowest BCUT2D eigenvalue weighted by atomic mass is 10.0. The fourth-order valence-electron chi connectivity index (χ4n) is 1.62. The summed E-state index contributed by atoms with van der Waals surface area (Å²) in [6, 6.07) is 16.7. The van der Waals surface area contributed by atoms with E-state index in [0.717, 1.165) is 10.9 Å². The Bertz CT molecular complexity index is 479. The molecule has 88 valence electrons. The maximum absolute atomic E-state index is 6.42. The second-order valence-electron chi connectivity index (χ2n) is 3.85. The summed E-state index contributed by atoms with van der Waals surface area (Å²) in [6.07, 6.45) is 0.857. The highest BCUT2D eigenvalue weighted by Gasteiger charge is 2.08. The first-order valence-electron chi connectivity index (χ1n) is 5.29. The highest BCUT2D eigenvalue weighted by atomic mass is 127. The van der Waals surface area contributed by atoms with Crippen LogP contribution in [0.2, 0.25) is 0 Å². The van der Waals surface area contributed by atoms with Crippen LogP contribution < -0.4 is 0 Å². The number of benzene rings is 2. The molecule has 0 N–H and O–H groups in total. The van der Waals surface area contributed by atoms with Crippen LogP contribution in [0.1, 0.15) is 16.5 Å². The zero-order chi connectivity index (χ0) is 12.3. The first-order chi connectivity index (χ1) is 8.15. The quantitative estimate of drug-likeness (QED) is 0.449. The minimum atomic E-state index is 0.0353. The molecular weight excluding hydrogens is 410 g/mol. The summed E-state index contributed by atoms with van der Waals surface area (Å²) < 4.78 is 2.33. The van der Waals surface area contributed by atoms with Crippen LogP contribution in [0.5, 0.6) is 0 Å². The zero-order valence-electron chi connectivity index (χ0n) is 9.04. The van der Waals surface area contributed by atoms with Crippen LogP contribution >= 0.6 is 50.1 Å². The van der Waals surface area contributed by atoms with E-state index < -0.39 is 0 Å². The van der Waals surface area contributed by atoms with Gasteiger partial charge in [0, 0.05) is 8.04 Å². The highest BCUT2D eigenvalue weighted by Crippen LogP contribution is 2.26. The standard InChI is InChI=1S/C14H11BrClI/c15-12-5-1-10(2-6-12)9-14(16)11-3-7-13(17)8-4-11/h1-8,14H,9H2. The average molecular weight is 422 g/mol. The van der Waals surface area contributed by atoms with Crippen molar-refractivity contribution in [1.29, 1.82) is 0 Å². The van der Waals surface area contributed by atoms with Crippen molar-refractivity contribution < 1.29 is 0 Å². The summed E-state index contributed by atoms with van der Waals surface area (Å²) >= 11 is 12.1. The van der Waals surface area contributed by atoms with E-state index in [1.807, 2.05) is 12.1 Å². The number of hydrogen-bond donors (Lipinski definition) is 0. The highest BCUT2D eigenvalue weighted by molar-refractivity contribution is 14.1. The predicted octanol–water partition coefficient (Wildman–Crippen LogP) is 5.58. The van der Waals surface area contributed by atoms with E-state index in [-0.39, 0.29) is 5.38 Å². The van der Waals surface area contributed by atoms with Gasteiger partial charge in [0.2, 0.25) is 0 Å². The molecule has 1 atom stereocenters. The maximum Gasteiger partial charge on any atom is 0.0625 e. The summed E-state index contributed by atoms with van der Waals surface area (Å²) in [7, 11) is 0. The van der Waals surface area contributed by atoms with E-state index >= 15 is 0 Å². The van der Waals surface area contributed by atoms with E-state index in [4.69, 9.17) is 11.6 Å². The van der Waals surface area contributed by atoms with Gasteiger partial charge in [-0.05, 0) is 64.4 Å². The first-order valence-corrected chi connectivity index (χ1v) is 7.60. The molecule has 17 heavy (non-hydrogen) atoms. The topological polar surface area (TPSA) is 0 Å². The van der Waals surface area contributed by atoms with Crippen molar-refractivity contribution in [3.05, 3.63) is 67.7 Å². The summed E-state index contributed by atoms with van der Waals surface area (Å²) in [5.41, 5.74) is 2.43. The van der Waals surface area contributed by atoms with Gasteiger partial charge in [-0.25, -0.2) is 0 Å². The third-order valence-corrected chi connectivity index (χ3v) is 4.21. The third-order valence-electron chi connectivity index (χ3n) is 2.56. The Hall–Kier alpha value is -0.0600. The normalized spacial score (nSPS) is 12.4. The van der Waals surface area contributed by atoms with Crippen LogP contribution in [0.15, 0.2) is 53.0 Å². The smallest absolute Gasteiger partial charge is 0.0625 e. The fourth-order valence-corrected chi connectivity index (χ4v) is 2.56. The lowest BCUT2D eigenvalue weighted by molar-refractivity contribution is 0.919. The molecule has 0 fully saturated rings. The Morgan fingerprint density at radius 1 is 1.00 bits per heavy atom. The van der Waals surface area contributed by atoms with Crippen LogP contribution in [0, 0.1) is 3.57 Å². The molecule has 2 rings (SSSR count). The van der Waals surface area contributed by atoms with Gasteiger partial charge in [-0.3, -0.25) is 0 Å². The minimum absolute atomic E-state index is 0.0353.